The second-order valence-electron chi connectivity index (χ2n) is 2.89. The molecule has 0 fully saturated rings. The van der Waals surface area contributed by atoms with Crippen molar-refractivity contribution in [2.75, 3.05) is 12.0 Å². The zero-order chi connectivity index (χ0) is 13.1. The van der Waals surface area contributed by atoms with Crippen molar-refractivity contribution in [1.29, 1.82) is 0 Å². The Morgan fingerprint density at radius 3 is 2.65 bits per heavy atom. The summed E-state index contributed by atoms with van der Waals surface area (Å²) in [6.45, 7) is -0.975. The molecule has 0 saturated heterocycles. The summed E-state index contributed by atoms with van der Waals surface area (Å²) in [5.41, 5.74) is 2.15. The lowest BCUT2D eigenvalue weighted by molar-refractivity contribution is 0.153. The Morgan fingerprint density at radius 2 is 2.18 bits per heavy atom. The monoisotopic (exact) mass is 286 g/mol. The summed E-state index contributed by atoms with van der Waals surface area (Å²) in [5.74, 6) is 5.13. The van der Waals surface area contributed by atoms with Crippen LogP contribution in [-0.4, -0.2) is 26.4 Å². The number of aromatic nitrogens is 1. The normalized spacial score (nSPS) is 11.8. The van der Waals surface area contributed by atoms with Crippen LogP contribution < -0.4 is 16.0 Å². The Hall–Kier alpha value is -1.03. The molecule has 4 N–H and O–H groups in total. The Bertz CT molecular complexity index is 497. The van der Waals surface area contributed by atoms with Gasteiger partial charge in [-0.15, -0.1) is 0 Å². The number of nitrogens with one attached hydrogen (secondary N) is 2. The molecule has 0 spiro atoms. The first-order valence-corrected chi connectivity index (χ1v) is 6.13. The van der Waals surface area contributed by atoms with E-state index in [1.54, 1.807) is 4.72 Å². The maximum absolute atomic E-state index is 11.9. The smallest absolute Gasteiger partial charge is 0.251 e. The number of hydrazine groups is 1. The molecule has 0 aromatic carbocycles. The molecule has 0 saturated carbocycles. The summed E-state index contributed by atoms with van der Waals surface area (Å²) in [4.78, 5) is 3.30. The standard InChI is InChI=1S/C7H9ClF2N4O2S/c8-5-1-4(2-12-7(5)14-11)17(15,16)13-3-6(9)10/h1-2,6,13H,3,11H2,(H,12,14). The molecule has 0 radical (unpaired) electrons. The van der Waals surface area contributed by atoms with Crippen molar-refractivity contribution in [1.82, 2.24) is 9.71 Å². The van der Waals surface area contributed by atoms with Crippen molar-refractivity contribution in [2.45, 2.75) is 11.3 Å². The van der Waals surface area contributed by atoms with Gasteiger partial charge in [-0.05, 0) is 6.07 Å². The van der Waals surface area contributed by atoms with Crippen molar-refractivity contribution in [3.05, 3.63) is 17.3 Å². The molecular formula is C7H9ClF2N4O2S. The number of alkyl halides is 2. The van der Waals surface area contributed by atoms with Gasteiger partial charge in [0, 0.05) is 6.20 Å². The highest BCUT2D eigenvalue weighted by Crippen LogP contribution is 2.21. The van der Waals surface area contributed by atoms with E-state index in [0.717, 1.165) is 12.3 Å². The van der Waals surface area contributed by atoms with Crippen molar-refractivity contribution in [2.24, 2.45) is 5.84 Å². The molecule has 96 valence electrons. The van der Waals surface area contributed by atoms with Crippen molar-refractivity contribution in [3.63, 3.8) is 0 Å². The number of sulfonamides is 1. The first-order valence-electron chi connectivity index (χ1n) is 4.27. The number of hydrogen-bond acceptors (Lipinski definition) is 5. The van der Waals surface area contributed by atoms with E-state index in [-0.39, 0.29) is 15.7 Å². The number of nitrogens with two attached hydrogens (primary N) is 1. The second kappa shape index (κ2) is 5.54. The van der Waals surface area contributed by atoms with Crippen LogP contribution in [0.25, 0.3) is 0 Å². The topological polar surface area (TPSA) is 97.1 Å². The largest absolute Gasteiger partial charge is 0.307 e. The molecule has 1 heterocycles. The Kier molecular flexibility index (Phi) is 4.57. The van der Waals surface area contributed by atoms with Gasteiger partial charge in [0.2, 0.25) is 10.0 Å². The molecule has 0 unspecified atom stereocenters. The molecule has 0 aliphatic heterocycles. The van der Waals surface area contributed by atoms with Crippen LogP contribution in [0.1, 0.15) is 0 Å². The number of pyridine rings is 1. The van der Waals surface area contributed by atoms with Crippen LogP contribution in [0.4, 0.5) is 14.6 Å². The number of anilines is 1. The maximum Gasteiger partial charge on any atom is 0.251 e. The molecule has 1 aromatic heterocycles. The van der Waals surface area contributed by atoms with Gasteiger partial charge >= 0.3 is 0 Å². The number of hydrogen-bond donors (Lipinski definition) is 3. The van der Waals surface area contributed by atoms with E-state index in [9.17, 15) is 17.2 Å². The molecular weight excluding hydrogens is 278 g/mol. The molecule has 0 atom stereocenters. The summed E-state index contributed by atoms with van der Waals surface area (Å²) < 4.78 is 48.5. The highest BCUT2D eigenvalue weighted by molar-refractivity contribution is 7.89. The zero-order valence-corrected chi connectivity index (χ0v) is 9.89. The van der Waals surface area contributed by atoms with E-state index in [0.29, 0.717) is 0 Å². The van der Waals surface area contributed by atoms with Crippen LogP contribution in [0.3, 0.4) is 0 Å². The van der Waals surface area contributed by atoms with Crippen molar-refractivity contribution >= 4 is 27.4 Å². The van der Waals surface area contributed by atoms with E-state index in [1.165, 1.54) is 0 Å². The minimum absolute atomic E-state index is 0.0348. The van der Waals surface area contributed by atoms with Gasteiger partial charge in [-0.3, -0.25) is 0 Å². The molecule has 0 aliphatic carbocycles. The third-order valence-electron chi connectivity index (χ3n) is 1.69. The van der Waals surface area contributed by atoms with Crippen LogP contribution in [0.2, 0.25) is 5.02 Å². The third-order valence-corrected chi connectivity index (χ3v) is 3.37. The molecule has 17 heavy (non-hydrogen) atoms. The van der Waals surface area contributed by atoms with Crippen LogP contribution in [0, 0.1) is 0 Å². The predicted octanol–water partition coefficient (Wildman–Crippen LogP) is 0.564. The van der Waals surface area contributed by atoms with E-state index >= 15 is 0 Å². The van der Waals surface area contributed by atoms with Crippen LogP contribution in [0.5, 0.6) is 0 Å². The van der Waals surface area contributed by atoms with E-state index in [2.05, 4.69) is 10.4 Å². The molecule has 0 aliphatic rings. The zero-order valence-electron chi connectivity index (χ0n) is 8.32. The predicted molar refractivity (Wildman–Crippen MR) is 58.2 cm³/mol. The molecule has 0 amide bonds. The van der Waals surface area contributed by atoms with Crippen LogP contribution in [0.15, 0.2) is 17.2 Å². The van der Waals surface area contributed by atoms with E-state index < -0.39 is 23.0 Å². The van der Waals surface area contributed by atoms with Gasteiger partial charge in [0.25, 0.3) is 6.43 Å². The lowest BCUT2D eigenvalue weighted by atomic mass is 10.5. The van der Waals surface area contributed by atoms with Gasteiger partial charge in [0.05, 0.1) is 11.6 Å². The molecule has 10 heteroatoms. The Labute approximate surface area is 101 Å². The number of halogens is 3. The Morgan fingerprint density at radius 1 is 1.53 bits per heavy atom. The van der Waals surface area contributed by atoms with Crippen LogP contribution >= 0.6 is 11.6 Å². The van der Waals surface area contributed by atoms with Gasteiger partial charge in [0.1, 0.15) is 4.90 Å². The fourth-order valence-electron chi connectivity index (χ4n) is 0.930. The minimum Gasteiger partial charge on any atom is -0.307 e. The highest BCUT2D eigenvalue weighted by Gasteiger charge is 2.18. The SMILES string of the molecule is NNc1ncc(S(=O)(=O)NCC(F)F)cc1Cl. The van der Waals surface area contributed by atoms with E-state index in [1.807, 2.05) is 0 Å². The lowest BCUT2D eigenvalue weighted by Gasteiger charge is -2.07. The quantitative estimate of drug-likeness (QED) is 0.543. The average Bonchev–Trinajstić information content (AvgIpc) is 2.26. The van der Waals surface area contributed by atoms with E-state index in [4.69, 9.17) is 17.4 Å². The second-order valence-corrected chi connectivity index (χ2v) is 5.06. The lowest BCUT2D eigenvalue weighted by Crippen LogP contribution is -2.28. The Balaban J connectivity index is 2.96. The number of nitrogen functional groups attached to an aromatic ring is 1. The average molecular weight is 287 g/mol. The number of nitrogens with zero attached hydrogens (tertiary/aromatic N) is 1. The van der Waals surface area contributed by atoms with Crippen LogP contribution in [-0.2, 0) is 10.0 Å². The van der Waals surface area contributed by atoms with Gasteiger partial charge in [-0.25, -0.2) is 32.7 Å². The first-order chi connectivity index (χ1) is 7.86. The minimum atomic E-state index is -4.05. The molecule has 1 rings (SSSR count). The summed E-state index contributed by atoms with van der Waals surface area (Å²) in [5, 5.41) is -0.0348. The van der Waals surface area contributed by atoms with Crippen molar-refractivity contribution < 1.29 is 17.2 Å². The molecule has 0 bridgehead atoms. The maximum atomic E-state index is 11.9. The first kappa shape index (κ1) is 14.0. The molecule has 1 aromatic rings. The van der Waals surface area contributed by atoms with Gasteiger partial charge in [-0.2, -0.15) is 0 Å². The fraction of sp³-hybridized carbons (Fsp3) is 0.286. The summed E-state index contributed by atoms with van der Waals surface area (Å²) in [6, 6.07) is 1.05. The van der Waals surface area contributed by atoms with Gasteiger partial charge in [0.15, 0.2) is 5.82 Å². The third kappa shape index (κ3) is 3.73. The summed E-state index contributed by atoms with van der Waals surface area (Å²) in [6.07, 6.45) is -1.83. The molecule has 6 nitrogen and oxygen atoms in total. The van der Waals surface area contributed by atoms with Crippen molar-refractivity contribution in [3.8, 4) is 0 Å². The highest BCUT2D eigenvalue weighted by atomic mass is 35.5. The summed E-state index contributed by atoms with van der Waals surface area (Å²) in [7, 11) is -4.05. The number of rotatable bonds is 5. The fourth-order valence-corrected chi connectivity index (χ4v) is 2.19. The summed E-state index contributed by atoms with van der Waals surface area (Å²) >= 11 is 5.65. The van der Waals surface area contributed by atoms with Gasteiger partial charge in [-0.1, -0.05) is 11.6 Å². The van der Waals surface area contributed by atoms with Gasteiger partial charge < -0.3 is 5.43 Å².